The molecule has 4 aromatic carbocycles. The maximum atomic E-state index is 13.7. The highest BCUT2D eigenvalue weighted by molar-refractivity contribution is 9.10. The third-order valence-electron chi connectivity index (χ3n) is 17.6. The Balaban J connectivity index is 0.000000138. The molecule has 6 aliphatic rings. The highest BCUT2D eigenvalue weighted by Crippen LogP contribution is 2.36. The van der Waals surface area contributed by atoms with Crippen molar-refractivity contribution < 1.29 is 55.9 Å². The van der Waals surface area contributed by atoms with Crippen LogP contribution < -0.4 is 76.2 Å². The monoisotopic (exact) mass is 1820 g/mol. The number of amides is 7. The first-order chi connectivity index (χ1) is 56.4. The van der Waals surface area contributed by atoms with Crippen LogP contribution in [0, 0.1) is 41.0 Å². The molecular weight excluding hydrogens is 1760 g/mol. The Morgan fingerprint density at radius 2 is 0.788 bits per heavy atom. The molecule has 17 rings (SSSR count). The molecule has 42 heteroatoms. The molecule has 0 radical (unpaired) electrons. The second-order valence-electron chi connectivity index (χ2n) is 26.2. The minimum Gasteiger partial charge on any atom is -0.384 e. The van der Waals surface area contributed by atoms with Gasteiger partial charge < -0.3 is 59.0 Å². The molecule has 0 bridgehead atoms. The molecular formula is C76H58Br2Cl4F4N20O12. The zero-order valence-corrected chi connectivity index (χ0v) is 66.3. The second kappa shape index (κ2) is 36.9. The molecule has 10 heterocycles. The zero-order chi connectivity index (χ0) is 84.5. The number of nitrogens with two attached hydrogens (primary N) is 2. The second-order valence-corrected chi connectivity index (χ2v) is 29.5. The number of nitrogens with zero attached hydrogens (tertiary/aromatic N) is 9. The van der Waals surface area contributed by atoms with Crippen LogP contribution in [0.2, 0.25) is 20.1 Å². The van der Waals surface area contributed by atoms with Gasteiger partial charge in [-0.2, -0.15) is 0 Å². The number of aldehydes is 1. The Morgan fingerprint density at radius 3 is 1.14 bits per heavy atom. The van der Waals surface area contributed by atoms with Crippen molar-refractivity contribution in [2.45, 2.75) is 57.0 Å². The molecule has 3 unspecified atom stereocenters. The molecule has 3 aliphatic carbocycles. The van der Waals surface area contributed by atoms with Gasteiger partial charge >= 0.3 is 0 Å². The van der Waals surface area contributed by atoms with Gasteiger partial charge in [0.25, 0.3) is 45.9 Å². The molecule has 604 valence electrons. The summed E-state index contributed by atoms with van der Waals surface area (Å²) < 4.78 is 57.1. The minimum atomic E-state index is -0.918. The molecule has 3 fully saturated rings. The van der Waals surface area contributed by atoms with Crippen molar-refractivity contribution in [1.82, 2.24) is 64.5 Å². The van der Waals surface area contributed by atoms with E-state index in [1.54, 1.807) is 30.3 Å². The predicted octanol–water partition coefficient (Wildman–Crippen LogP) is 11.3. The Kier molecular flexibility index (Phi) is 26.5. The number of carbonyl (C=O) groups excluding carboxylic acids is 8. The molecule has 0 saturated heterocycles. The standard InChI is InChI=1S/2C21H16ClFN6O3.C13H7BrClFN2O2.C8H10N4O.C7H5FO.C6H4BrClN2O2/c2*22-13-7-14(26-15-8-16(25-9-24-15)27-19(30)10-4-5-10)21(32)29-17(13)20(31)28-18(29)11-2-1-3-12(23)6-11;14-8-5-9(15)10-12(19)17-11(18(10)13(8)20)6-2-1-3-7(16)4-6;9-6-3-7(11-4-10-6)12-8(13)5-1-2-5;8-7-3-1-2-6(4-7)5-9;7-2-1-3(8)4(5(9)11)10-6(2)12/h2*1-3,6-10,18H,4-5H2,(H,28,31)(H2,24,25,26,27,30);1-5,11H,(H,17,19);3-5H,1-2H2,(H3,9,10,11,12,13);1-5H;1H,(H2,9,11)(H,10,12). The van der Waals surface area contributed by atoms with Crippen molar-refractivity contribution in [3.8, 4) is 0 Å². The van der Waals surface area contributed by atoms with Crippen LogP contribution in [0.4, 0.5) is 63.8 Å². The largest absolute Gasteiger partial charge is 0.384 e. The maximum Gasteiger partial charge on any atom is 0.276 e. The van der Waals surface area contributed by atoms with Crippen LogP contribution in [-0.4, -0.2) is 96.2 Å². The third kappa shape index (κ3) is 20.7. The first kappa shape index (κ1) is 84.5. The van der Waals surface area contributed by atoms with Crippen LogP contribution in [0.1, 0.15) is 126 Å². The van der Waals surface area contributed by atoms with E-state index < -0.39 is 81.8 Å². The van der Waals surface area contributed by atoms with Crippen molar-refractivity contribution in [2.75, 3.05) is 32.3 Å². The fourth-order valence-electron chi connectivity index (χ4n) is 11.5. The number of halogens is 10. The van der Waals surface area contributed by atoms with Crippen LogP contribution in [0.15, 0.2) is 187 Å². The van der Waals surface area contributed by atoms with Gasteiger partial charge in [-0.1, -0.05) is 94.9 Å². The summed E-state index contributed by atoms with van der Waals surface area (Å²) in [6.45, 7) is 0. The summed E-state index contributed by atoms with van der Waals surface area (Å²) in [5.74, 6) is -2.22. The van der Waals surface area contributed by atoms with E-state index in [0.717, 1.165) is 38.5 Å². The molecule has 3 aliphatic heterocycles. The van der Waals surface area contributed by atoms with E-state index in [0.29, 0.717) is 51.8 Å². The first-order valence-corrected chi connectivity index (χ1v) is 38.0. The van der Waals surface area contributed by atoms with Crippen LogP contribution in [0.5, 0.6) is 0 Å². The Bertz CT molecular complexity index is 5940. The number of primary amides is 1. The highest BCUT2D eigenvalue weighted by Gasteiger charge is 2.38. The van der Waals surface area contributed by atoms with Crippen molar-refractivity contribution >= 4 is 172 Å². The number of fused-ring (bicyclic) bond motifs is 3. The van der Waals surface area contributed by atoms with Gasteiger partial charge in [0, 0.05) is 41.5 Å². The van der Waals surface area contributed by atoms with Crippen LogP contribution in [0.3, 0.4) is 0 Å². The van der Waals surface area contributed by atoms with E-state index in [9.17, 15) is 75.1 Å². The maximum absolute atomic E-state index is 13.7. The quantitative estimate of drug-likeness (QED) is 0.0335. The fraction of sp³-hybridized carbons (Fsp3) is 0.158. The summed E-state index contributed by atoms with van der Waals surface area (Å²) in [7, 11) is 0. The van der Waals surface area contributed by atoms with Crippen molar-refractivity contribution in [2.24, 2.45) is 23.5 Å². The summed E-state index contributed by atoms with van der Waals surface area (Å²) in [6, 6.07) is 32.3. The van der Waals surface area contributed by atoms with E-state index in [1.807, 2.05) is 0 Å². The lowest BCUT2D eigenvalue weighted by atomic mass is 10.1. The van der Waals surface area contributed by atoms with E-state index >= 15 is 0 Å². The number of hydrogen-bond donors (Lipinski definition) is 11. The minimum absolute atomic E-state index is 0.00586. The molecule has 7 aromatic heterocycles. The number of benzene rings is 4. The Labute approximate surface area is 698 Å². The van der Waals surface area contributed by atoms with Crippen molar-refractivity contribution in [1.29, 1.82) is 0 Å². The smallest absolute Gasteiger partial charge is 0.276 e. The van der Waals surface area contributed by atoms with Crippen LogP contribution >= 0.6 is 78.3 Å². The first-order valence-electron chi connectivity index (χ1n) is 34.9. The zero-order valence-electron chi connectivity index (χ0n) is 60.2. The molecule has 118 heavy (non-hydrogen) atoms. The van der Waals surface area contributed by atoms with Gasteiger partial charge in [0.1, 0.15) is 136 Å². The fourth-order valence-corrected chi connectivity index (χ4v) is 13.6. The summed E-state index contributed by atoms with van der Waals surface area (Å²) in [5.41, 5.74) is 10.1. The molecule has 3 atom stereocenters. The Hall–Kier alpha value is -12.9. The summed E-state index contributed by atoms with van der Waals surface area (Å²) in [6.07, 6.45) is 7.21. The van der Waals surface area contributed by atoms with E-state index in [4.69, 9.17) is 57.9 Å². The number of nitrogens with one attached hydrogen (secondary N) is 9. The average molecular weight is 1820 g/mol. The number of anilines is 8. The summed E-state index contributed by atoms with van der Waals surface area (Å²) in [5, 5.41) is 22.1. The van der Waals surface area contributed by atoms with E-state index in [-0.39, 0.29) is 116 Å². The highest BCUT2D eigenvalue weighted by atomic mass is 79.9. The normalized spacial score (nSPS) is 15.4. The number of nitrogen functional groups attached to an aromatic ring is 1. The summed E-state index contributed by atoms with van der Waals surface area (Å²) in [4.78, 5) is 168. The van der Waals surface area contributed by atoms with Crippen molar-refractivity contribution in [3.63, 3.8) is 0 Å². The number of carbonyl (C=O) groups is 8. The number of aromatic amines is 1. The lowest BCUT2D eigenvalue weighted by Crippen LogP contribution is -2.29. The SMILES string of the molecule is NC(=O)c1[nH]c(=O)c(Br)cc1Cl.Nc1cc(NC(=O)C2CC2)ncn1.O=C1NC(c2cccc(F)c2)n2c1c(Cl)cc(Br)c2=O.O=C1NC(c2cccc(F)c2)n2c1c(Cl)cc(Nc1cc(NC(=O)C3CC3)ncn1)c2=O.O=C1NC(c2cccc(F)c2)n2c1c(Cl)cc(Nc1cc(NC(=O)C3CC3)ncn1)c2=O.O=Cc1cccc(F)c1. The van der Waals surface area contributed by atoms with Gasteiger partial charge in [-0.3, -0.25) is 71.2 Å². The van der Waals surface area contributed by atoms with Crippen LogP contribution in [0.25, 0.3) is 0 Å². The van der Waals surface area contributed by atoms with Gasteiger partial charge in [0.15, 0.2) is 0 Å². The van der Waals surface area contributed by atoms with Crippen molar-refractivity contribution in [3.05, 3.63) is 297 Å². The molecule has 11 aromatic rings. The predicted molar refractivity (Wildman–Crippen MR) is 432 cm³/mol. The molecule has 7 amide bonds. The molecule has 0 spiro atoms. The number of hydrogen-bond acceptors (Lipinski definition) is 21. The van der Waals surface area contributed by atoms with Crippen LogP contribution in [-0.2, 0) is 14.4 Å². The topological polar surface area (TPSA) is 461 Å². The van der Waals surface area contributed by atoms with Gasteiger partial charge in [0.05, 0.1) is 29.0 Å². The third-order valence-corrected chi connectivity index (χ3v) is 19.9. The number of rotatable bonds is 15. The van der Waals surface area contributed by atoms with Gasteiger partial charge in [0.2, 0.25) is 17.7 Å². The van der Waals surface area contributed by atoms with E-state index in [2.05, 4.69) is 109 Å². The van der Waals surface area contributed by atoms with Gasteiger partial charge in [-0.25, -0.2) is 47.5 Å². The number of H-pyrrole nitrogens is 1. The molecule has 13 N–H and O–H groups in total. The molecule has 32 nitrogen and oxygen atoms in total. The number of aromatic nitrogens is 10. The Morgan fingerprint density at radius 1 is 0.441 bits per heavy atom. The van der Waals surface area contributed by atoms with E-state index in [1.165, 1.54) is 142 Å². The average Bonchev–Trinajstić information content (AvgIpc) is 1.58. The van der Waals surface area contributed by atoms with Gasteiger partial charge in [-0.05, 0) is 160 Å². The van der Waals surface area contributed by atoms with Gasteiger partial charge in [-0.15, -0.1) is 0 Å². The lowest BCUT2D eigenvalue weighted by Gasteiger charge is -2.16. The molecule has 3 saturated carbocycles. The number of pyridine rings is 4. The lowest BCUT2D eigenvalue weighted by molar-refractivity contribution is -0.118. The summed E-state index contributed by atoms with van der Waals surface area (Å²) >= 11 is 30.3.